The van der Waals surface area contributed by atoms with E-state index in [-0.39, 0.29) is 36.3 Å². The van der Waals surface area contributed by atoms with Gasteiger partial charge in [-0.1, -0.05) is 5.16 Å². The Hall–Kier alpha value is -2.25. The number of aromatic nitrogens is 2. The smallest absolute Gasteiger partial charge is 0.274 e. The molecule has 1 saturated carbocycles. The number of aliphatic hydroxyl groups is 1. The maximum Gasteiger partial charge on any atom is 0.274 e. The largest absolute Gasteiger partial charge is 0.393 e. The van der Waals surface area contributed by atoms with Gasteiger partial charge in [0.15, 0.2) is 5.69 Å². The number of rotatable bonds is 7. The van der Waals surface area contributed by atoms with Crippen LogP contribution in [0.3, 0.4) is 0 Å². The molecule has 7 nitrogen and oxygen atoms in total. The van der Waals surface area contributed by atoms with Crippen LogP contribution in [0.1, 0.15) is 40.2 Å². The summed E-state index contributed by atoms with van der Waals surface area (Å²) in [6, 6.07) is 3.79. The first-order valence-electron chi connectivity index (χ1n) is 8.40. The van der Waals surface area contributed by atoms with E-state index in [1.165, 1.54) is 0 Å². The lowest BCUT2D eigenvalue weighted by atomic mass is 9.75. The summed E-state index contributed by atoms with van der Waals surface area (Å²) in [5.41, 5.74) is 2.02. The van der Waals surface area contributed by atoms with Crippen molar-refractivity contribution < 1.29 is 19.2 Å². The quantitative estimate of drug-likeness (QED) is 0.792. The third kappa shape index (κ3) is 4.05. The van der Waals surface area contributed by atoms with Crippen molar-refractivity contribution in [3.63, 3.8) is 0 Å². The molecule has 0 bridgehead atoms. The van der Waals surface area contributed by atoms with Gasteiger partial charge in [0.2, 0.25) is 0 Å². The summed E-state index contributed by atoms with van der Waals surface area (Å²) in [4.78, 5) is 16.7. The second-order valence-corrected chi connectivity index (χ2v) is 6.52. The summed E-state index contributed by atoms with van der Waals surface area (Å²) in [7, 11) is 1.57. The molecule has 1 atom stereocenters. The van der Waals surface area contributed by atoms with E-state index >= 15 is 0 Å². The number of nitrogens with one attached hydrogen (secondary N) is 1. The van der Waals surface area contributed by atoms with E-state index in [2.05, 4.69) is 15.5 Å². The number of amides is 1. The highest BCUT2D eigenvalue weighted by atomic mass is 16.5. The van der Waals surface area contributed by atoms with Crippen molar-refractivity contribution in [2.24, 2.45) is 5.92 Å². The Morgan fingerprint density at radius 2 is 2.16 bits per heavy atom. The van der Waals surface area contributed by atoms with Crippen LogP contribution in [0.2, 0.25) is 0 Å². The van der Waals surface area contributed by atoms with Crippen LogP contribution in [-0.2, 0) is 17.8 Å². The zero-order valence-electron chi connectivity index (χ0n) is 14.4. The summed E-state index contributed by atoms with van der Waals surface area (Å²) in [5, 5.41) is 16.6. The van der Waals surface area contributed by atoms with E-state index in [0.717, 1.165) is 5.56 Å². The van der Waals surface area contributed by atoms with Crippen molar-refractivity contribution in [2.75, 3.05) is 7.11 Å². The fourth-order valence-electron chi connectivity index (χ4n) is 3.19. The first kappa shape index (κ1) is 17.6. The van der Waals surface area contributed by atoms with Crippen molar-refractivity contribution in [1.29, 1.82) is 0 Å². The summed E-state index contributed by atoms with van der Waals surface area (Å²) in [5.74, 6) is 0.548. The Kier molecular flexibility index (Phi) is 5.45. The van der Waals surface area contributed by atoms with E-state index in [1.807, 2.05) is 12.1 Å². The molecule has 3 rings (SSSR count). The van der Waals surface area contributed by atoms with Gasteiger partial charge in [0.1, 0.15) is 5.76 Å². The summed E-state index contributed by atoms with van der Waals surface area (Å²) in [6.45, 7) is 2.03. The van der Waals surface area contributed by atoms with Gasteiger partial charge in [0.05, 0.1) is 18.3 Å². The zero-order valence-corrected chi connectivity index (χ0v) is 14.4. The van der Waals surface area contributed by atoms with Gasteiger partial charge >= 0.3 is 0 Å². The molecule has 0 saturated heterocycles. The average Bonchev–Trinajstić information content (AvgIpc) is 2.94. The topological polar surface area (TPSA) is 97.5 Å². The number of hydrogen-bond acceptors (Lipinski definition) is 6. The lowest BCUT2D eigenvalue weighted by molar-refractivity contribution is 0.0238. The molecule has 1 aliphatic rings. The van der Waals surface area contributed by atoms with Gasteiger partial charge < -0.3 is 19.7 Å². The molecule has 134 valence electrons. The molecule has 0 radical (unpaired) electrons. The van der Waals surface area contributed by atoms with Crippen LogP contribution >= 0.6 is 0 Å². The second-order valence-electron chi connectivity index (χ2n) is 6.52. The van der Waals surface area contributed by atoms with Crippen LogP contribution in [0.15, 0.2) is 29.0 Å². The predicted octanol–water partition coefficient (Wildman–Crippen LogP) is 1.64. The van der Waals surface area contributed by atoms with E-state index in [0.29, 0.717) is 30.6 Å². The molecular weight excluding hydrogens is 322 g/mol. The molecule has 2 N–H and O–H groups in total. The van der Waals surface area contributed by atoms with Gasteiger partial charge in [-0.05, 0) is 49.8 Å². The molecule has 0 aromatic carbocycles. The minimum atomic E-state index is -0.278. The number of carbonyl (C=O) groups is 1. The van der Waals surface area contributed by atoms with E-state index < -0.39 is 0 Å². The molecule has 2 heterocycles. The van der Waals surface area contributed by atoms with Crippen LogP contribution in [0.5, 0.6) is 0 Å². The maximum absolute atomic E-state index is 12.7. The van der Waals surface area contributed by atoms with Crippen LogP contribution in [0.4, 0.5) is 0 Å². The first-order valence-corrected chi connectivity index (χ1v) is 8.40. The molecule has 25 heavy (non-hydrogen) atoms. The lowest BCUT2D eigenvalue weighted by Crippen LogP contribution is -2.48. The summed E-state index contributed by atoms with van der Waals surface area (Å²) in [6.07, 6.45) is 5.27. The maximum atomic E-state index is 12.7. The third-order valence-corrected chi connectivity index (χ3v) is 4.73. The number of hydrogen-bond donors (Lipinski definition) is 2. The van der Waals surface area contributed by atoms with Gasteiger partial charge in [-0.25, -0.2) is 0 Å². The van der Waals surface area contributed by atoms with Gasteiger partial charge in [-0.2, -0.15) is 0 Å². The highest BCUT2D eigenvalue weighted by Gasteiger charge is 2.35. The minimum absolute atomic E-state index is 0.0781. The number of nitrogens with zero attached hydrogens (tertiary/aromatic N) is 2. The van der Waals surface area contributed by atoms with E-state index in [1.54, 1.807) is 26.4 Å². The summed E-state index contributed by atoms with van der Waals surface area (Å²) < 4.78 is 10.3. The Labute approximate surface area is 146 Å². The van der Waals surface area contributed by atoms with E-state index in [9.17, 15) is 9.90 Å². The van der Waals surface area contributed by atoms with Gasteiger partial charge in [-0.15, -0.1) is 0 Å². The zero-order chi connectivity index (χ0) is 17.8. The monoisotopic (exact) mass is 345 g/mol. The SMILES string of the molecule is COCc1c(C(=O)N[C@H](Cc2ccncc2)C2CC(O)C2)noc1C. The van der Waals surface area contributed by atoms with Crippen LogP contribution in [0, 0.1) is 12.8 Å². The molecule has 2 aromatic rings. The van der Waals surface area contributed by atoms with Crippen molar-refractivity contribution >= 4 is 5.91 Å². The van der Waals surface area contributed by atoms with Crippen LogP contribution in [0.25, 0.3) is 0 Å². The number of aliphatic hydroxyl groups excluding tert-OH is 1. The number of pyridine rings is 1. The van der Waals surface area contributed by atoms with Crippen LogP contribution in [-0.4, -0.2) is 40.4 Å². The third-order valence-electron chi connectivity index (χ3n) is 4.73. The lowest BCUT2D eigenvalue weighted by Gasteiger charge is -2.38. The molecule has 7 heteroatoms. The molecule has 0 unspecified atom stereocenters. The first-order chi connectivity index (χ1) is 12.1. The second kappa shape index (κ2) is 7.76. The van der Waals surface area contributed by atoms with Crippen molar-refractivity contribution in [3.8, 4) is 0 Å². The van der Waals surface area contributed by atoms with Crippen molar-refractivity contribution in [1.82, 2.24) is 15.5 Å². The number of ether oxygens (including phenoxy) is 1. The average molecular weight is 345 g/mol. The molecular formula is C18H23N3O4. The highest BCUT2D eigenvalue weighted by Crippen LogP contribution is 2.32. The molecule has 1 aliphatic carbocycles. The van der Waals surface area contributed by atoms with Gasteiger partial charge in [0.25, 0.3) is 5.91 Å². The van der Waals surface area contributed by atoms with Crippen molar-refractivity contribution in [2.45, 2.75) is 44.9 Å². The van der Waals surface area contributed by atoms with Crippen LogP contribution < -0.4 is 5.32 Å². The highest BCUT2D eigenvalue weighted by molar-refractivity contribution is 5.94. The Bertz CT molecular complexity index is 710. The Morgan fingerprint density at radius 1 is 1.44 bits per heavy atom. The number of methoxy groups -OCH3 is 1. The van der Waals surface area contributed by atoms with Gasteiger partial charge in [-0.3, -0.25) is 9.78 Å². The predicted molar refractivity (Wildman–Crippen MR) is 89.9 cm³/mol. The standard InChI is InChI=1S/C18H23N3O4/c1-11-15(10-24-2)17(21-25-11)18(23)20-16(13-8-14(22)9-13)7-12-3-5-19-6-4-12/h3-6,13-14,16,22H,7-10H2,1-2H3,(H,20,23)/t13?,14?,16-/m1/s1. The molecule has 2 aromatic heterocycles. The molecule has 0 spiro atoms. The van der Waals surface area contributed by atoms with Gasteiger partial charge in [0, 0.05) is 25.5 Å². The molecule has 0 aliphatic heterocycles. The number of aryl methyl sites for hydroxylation is 1. The van der Waals surface area contributed by atoms with E-state index in [4.69, 9.17) is 9.26 Å². The Balaban J connectivity index is 1.74. The molecule has 1 amide bonds. The molecule has 1 fully saturated rings. The fraction of sp³-hybridized carbons (Fsp3) is 0.500. The van der Waals surface area contributed by atoms with Crippen molar-refractivity contribution in [3.05, 3.63) is 47.1 Å². The fourth-order valence-corrected chi connectivity index (χ4v) is 3.19. The minimum Gasteiger partial charge on any atom is -0.393 e. The number of carbonyl (C=O) groups excluding carboxylic acids is 1. The summed E-state index contributed by atoms with van der Waals surface area (Å²) >= 11 is 0. The Morgan fingerprint density at radius 3 is 2.80 bits per heavy atom. The normalized spacial score (nSPS) is 20.8.